The topological polar surface area (TPSA) is 33.7 Å². The minimum atomic E-state index is 0.455. The number of hydrogen-bond donors (Lipinski definition) is 1. The van der Waals surface area contributed by atoms with Crippen LogP contribution in [0.15, 0.2) is 172 Å². The molecular formula is C42H41N3. The molecule has 3 nitrogen and oxygen atoms in total. The van der Waals surface area contributed by atoms with Gasteiger partial charge in [0.05, 0.1) is 22.3 Å². The minimum absolute atomic E-state index is 0.455. The smallest absolute Gasteiger partial charge is 0.0629 e. The number of hydrogen-bond acceptors (Lipinski definition) is 1. The van der Waals surface area contributed by atoms with E-state index in [0.29, 0.717) is 5.71 Å². The highest BCUT2D eigenvalue weighted by atomic mass is 15.0. The molecule has 6 rings (SSSR count). The third-order valence-corrected chi connectivity index (χ3v) is 7.34. The number of aromatic nitrogens is 2. The molecule has 0 radical (unpaired) electrons. The van der Waals surface area contributed by atoms with Crippen molar-refractivity contribution in [1.82, 2.24) is 9.13 Å². The third kappa shape index (κ3) is 6.79. The fourth-order valence-corrected chi connectivity index (χ4v) is 5.51. The van der Waals surface area contributed by atoms with E-state index >= 15 is 0 Å². The average Bonchev–Trinajstić information content (AvgIpc) is 3.64. The van der Waals surface area contributed by atoms with Crippen LogP contribution in [0.25, 0.3) is 54.9 Å². The number of nitrogens with zero attached hydrogens (tertiary/aromatic N) is 2. The Morgan fingerprint density at radius 3 is 2.02 bits per heavy atom. The lowest BCUT2D eigenvalue weighted by Crippen LogP contribution is -2.00. The predicted molar refractivity (Wildman–Crippen MR) is 201 cm³/mol. The van der Waals surface area contributed by atoms with Gasteiger partial charge < -0.3 is 14.5 Å². The summed E-state index contributed by atoms with van der Waals surface area (Å²) in [5.41, 5.74) is 6.92. The van der Waals surface area contributed by atoms with Gasteiger partial charge in [-0.1, -0.05) is 105 Å². The second-order valence-corrected chi connectivity index (χ2v) is 10.4. The highest BCUT2D eigenvalue weighted by molar-refractivity contribution is 6.19. The molecule has 0 aliphatic rings. The van der Waals surface area contributed by atoms with Crippen molar-refractivity contribution in [2.24, 2.45) is 0 Å². The van der Waals surface area contributed by atoms with E-state index in [0.717, 1.165) is 28.0 Å². The van der Waals surface area contributed by atoms with Crippen LogP contribution in [0.1, 0.15) is 20.8 Å². The largest absolute Gasteiger partial charge is 0.317 e. The van der Waals surface area contributed by atoms with Crippen molar-refractivity contribution in [3.8, 4) is 5.69 Å². The summed E-state index contributed by atoms with van der Waals surface area (Å²) >= 11 is 0. The third-order valence-electron chi connectivity index (χ3n) is 7.34. The van der Waals surface area contributed by atoms with Crippen LogP contribution < -0.4 is 0 Å². The molecule has 0 spiro atoms. The predicted octanol–water partition coefficient (Wildman–Crippen LogP) is 12.0. The van der Waals surface area contributed by atoms with Gasteiger partial charge >= 0.3 is 0 Å². The number of fused-ring (bicyclic) bond motifs is 6. The SMILES string of the molecule is C=C/C=C(\C=C/C)C(=N)/C=C(\C)n1c2ccccc2c2cc3c(ccc4c3ccn4-c3ccccc3)cc21.C=CC.C=CC=C. The maximum absolute atomic E-state index is 8.74. The molecule has 45 heavy (non-hydrogen) atoms. The Morgan fingerprint density at radius 1 is 0.689 bits per heavy atom. The van der Waals surface area contributed by atoms with E-state index in [4.69, 9.17) is 5.41 Å². The van der Waals surface area contributed by atoms with Crippen LogP contribution in [0.2, 0.25) is 0 Å². The van der Waals surface area contributed by atoms with Gasteiger partial charge in [-0.15, -0.1) is 6.58 Å². The molecule has 0 unspecified atom stereocenters. The van der Waals surface area contributed by atoms with Gasteiger partial charge in [-0.05, 0) is 85.7 Å². The van der Waals surface area contributed by atoms with Gasteiger partial charge in [-0.3, -0.25) is 0 Å². The molecule has 0 atom stereocenters. The lowest BCUT2D eigenvalue weighted by molar-refractivity contribution is 1.13. The Kier molecular flexibility index (Phi) is 10.9. The van der Waals surface area contributed by atoms with E-state index in [-0.39, 0.29) is 0 Å². The first-order valence-corrected chi connectivity index (χ1v) is 15.0. The lowest BCUT2D eigenvalue weighted by atomic mass is 10.0. The van der Waals surface area contributed by atoms with Crippen LogP contribution in [0.4, 0.5) is 0 Å². The Balaban J connectivity index is 0.000000601. The molecule has 0 fully saturated rings. The van der Waals surface area contributed by atoms with E-state index < -0.39 is 0 Å². The summed E-state index contributed by atoms with van der Waals surface area (Å²) in [6, 6.07) is 30.3. The highest BCUT2D eigenvalue weighted by Crippen LogP contribution is 2.37. The van der Waals surface area contributed by atoms with Gasteiger partial charge in [0.15, 0.2) is 0 Å². The van der Waals surface area contributed by atoms with E-state index in [9.17, 15) is 0 Å². The molecule has 0 bridgehead atoms. The Labute approximate surface area is 266 Å². The standard InChI is InChI=1S/C35H29N3.C4H6.C3H6/c1-4-11-25(12-5-2)32(36)21-24(3)38-34-16-10-9-15-28(34)31-23-30-26(22-35(31)38)17-18-33-29(30)19-20-37(33)27-13-7-6-8-14-27;1-3-4-2;1-3-2/h4-23,36H,1H2,2-3H3;3-4H,1-2H2;3H,1H2,2H3/b12-5-,24-21+,25-11+,36-32?;;. The maximum atomic E-state index is 8.74. The van der Waals surface area contributed by atoms with Gasteiger partial charge in [0.25, 0.3) is 0 Å². The first-order chi connectivity index (χ1) is 21.9. The second kappa shape index (κ2) is 15.2. The molecule has 0 saturated carbocycles. The van der Waals surface area contributed by atoms with Crippen LogP contribution in [0, 0.1) is 5.41 Å². The summed E-state index contributed by atoms with van der Waals surface area (Å²) in [4.78, 5) is 0. The van der Waals surface area contributed by atoms with Gasteiger partial charge in [-0.25, -0.2) is 0 Å². The lowest BCUT2D eigenvalue weighted by Gasteiger charge is -2.10. The normalized spacial score (nSPS) is 11.6. The van der Waals surface area contributed by atoms with Crippen molar-refractivity contribution in [1.29, 1.82) is 5.41 Å². The first kappa shape index (κ1) is 32.2. The molecule has 224 valence electrons. The van der Waals surface area contributed by atoms with Crippen LogP contribution in [-0.4, -0.2) is 14.8 Å². The van der Waals surface area contributed by atoms with Gasteiger partial charge in [0.1, 0.15) is 0 Å². The van der Waals surface area contributed by atoms with Gasteiger partial charge in [-0.2, -0.15) is 0 Å². The number of allylic oxidation sites excluding steroid dienone is 10. The highest BCUT2D eigenvalue weighted by Gasteiger charge is 2.15. The zero-order chi connectivity index (χ0) is 32.3. The number of para-hydroxylation sites is 2. The number of nitrogens with one attached hydrogen (secondary N) is 1. The Morgan fingerprint density at radius 2 is 1.36 bits per heavy atom. The van der Waals surface area contributed by atoms with Crippen molar-refractivity contribution >= 4 is 54.9 Å². The van der Waals surface area contributed by atoms with Crippen LogP contribution in [0.3, 0.4) is 0 Å². The van der Waals surface area contributed by atoms with Crippen LogP contribution in [0.5, 0.6) is 0 Å². The van der Waals surface area contributed by atoms with Gasteiger partial charge in [0.2, 0.25) is 0 Å². The summed E-state index contributed by atoms with van der Waals surface area (Å²) in [5, 5.41) is 14.8. The molecule has 0 aliphatic heterocycles. The molecule has 6 aromatic rings. The van der Waals surface area contributed by atoms with Crippen LogP contribution >= 0.6 is 0 Å². The maximum Gasteiger partial charge on any atom is 0.0629 e. The minimum Gasteiger partial charge on any atom is -0.317 e. The number of benzene rings is 4. The molecule has 4 aromatic carbocycles. The van der Waals surface area contributed by atoms with Crippen molar-refractivity contribution in [2.75, 3.05) is 0 Å². The fourth-order valence-electron chi connectivity index (χ4n) is 5.51. The van der Waals surface area contributed by atoms with E-state index in [1.165, 1.54) is 32.4 Å². The molecule has 0 saturated heterocycles. The molecule has 2 heterocycles. The van der Waals surface area contributed by atoms with Crippen molar-refractivity contribution in [3.05, 3.63) is 172 Å². The fraction of sp³-hybridized carbons (Fsp3) is 0.0714. The molecule has 3 heteroatoms. The van der Waals surface area contributed by atoms with E-state index in [2.05, 4.69) is 127 Å². The average molecular weight is 588 g/mol. The monoisotopic (exact) mass is 587 g/mol. The van der Waals surface area contributed by atoms with Crippen molar-refractivity contribution in [2.45, 2.75) is 20.8 Å². The number of rotatable bonds is 7. The first-order valence-electron chi connectivity index (χ1n) is 15.0. The Bertz CT molecular complexity index is 2100. The zero-order valence-electron chi connectivity index (χ0n) is 26.5. The summed E-state index contributed by atoms with van der Waals surface area (Å²) in [6.45, 7) is 19.8. The summed E-state index contributed by atoms with van der Waals surface area (Å²) in [7, 11) is 0. The van der Waals surface area contributed by atoms with E-state index in [1.807, 2.05) is 44.2 Å². The summed E-state index contributed by atoms with van der Waals surface area (Å²) in [5.74, 6) is 0. The van der Waals surface area contributed by atoms with Crippen molar-refractivity contribution in [3.63, 3.8) is 0 Å². The van der Waals surface area contributed by atoms with Gasteiger partial charge in [0, 0.05) is 33.7 Å². The Hall–Kier alpha value is -5.67. The molecule has 0 amide bonds. The molecular weight excluding hydrogens is 546 g/mol. The molecule has 0 aliphatic carbocycles. The molecule has 1 N–H and O–H groups in total. The van der Waals surface area contributed by atoms with Crippen LogP contribution in [-0.2, 0) is 0 Å². The second-order valence-electron chi connectivity index (χ2n) is 10.4. The van der Waals surface area contributed by atoms with E-state index in [1.54, 1.807) is 24.3 Å². The molecule has 2 aromatic heterocycles. The quantitative estimate of drug-likeness (QED) is 0.109. The summed E-state index contributed by atoms with van der Waals surface area (Å²) < 4.78 is 4.53. The summed E-state index contributed by atoms with van der Waals surface area (Å²) in [6.07, 6.45) is 16.6. The zero-order valence-corrected chi connectivity index (χ0v) is 26.5. The van der Waals surface area contributed by atoms with Crippen molar-refractivity contribution < 1.29 is 0 Å².